The Kier molecular flexibility index (Phi) is 6.61. The number of para-hydroxylation sites is 1. The van der Waals surface area contributed by atoms with Crippen LogP contribution in [0.3, 0.4) is 0 Å². The summed E-state index contributed by atoms with van der Waals surface area (Å²) >= 11 is 3.47. The van der Waals surface area contributed by atoms with Crippen molar-refractivity contribution in [3.05, 3.63) is 76.9 Å². The van der Waals surface area contributed by atoms with Crippen LogP contribution in [-0.4, -0.2) is 36.5 Å². The molecule has 0 aliphatic carbocycles. The van der Waals surface area contributed by atoms with E-state index >= 15 is 0 Å². The van der Waals surface area contributed by atoms with Gasteiger partial charge in [0.2, 0.25) is 0 Å². The van der Waals surface area contributed by atoms with Crippen LogP contribution in [0.2, 0.25) is 0 Å². The molecule has 1 N–H and O–H groups in total. The molecule has 0 radical (unpaired) electrons. The highest BCUT2D eigenvalue weighted by Crippen LogP contribution is 2.31. The van der Waals surface area contributed by atoms with Crippen molar-refractivity contribution in [3.8, 4) is 17.2 Å². The average Bonchev–Trinajstić information content (AvgIpc) is 3.23. The van der Waals surface area contributed by atoms with Gasteiger partial charge in [0.1, 0.15) is 11.6 Å². The number of halogens is 1. The molecule has 164 valence electrons. The Balaban J connectivity index is 1.41. The molecule has 0 spiro atoms. The number of carbonyl (C=O) groups excluding carboxylic acids is 1. The van der Waals surface area contributed by atoms with Crippen molar-refractivity contribution in [1.29, 1.82) is 0 Å². The lowest BCUT2D eigenvalue weighted by atomic mass is 10.1. The van der Waals surface area contributed by atoms with Crippen LogP contribution in [0.15, 0.2) is 71.3 Å². The fourth-order valence-electron chi connectivity index (χ4n) is 3.42. The van der Waals surface area contributed by atoms with E-state index in [1.807, 2.05) is 54.6 Å². The average molecular weight is 496 g/mol. The van der Waals surface area contributed by atoms with E-state index in [0.29, 0.717) is 29.6 Å². The van der Waals surface area contributed by atoms with Gasteiger partial charge in [0.25, 0.3) is 5.91 Å². The highest BCUT2D eigenvalue weighted by molar-refractivity contribution is 9.10. The fourth-order valence-corrected chi connectivity index (χ4v) is 3.80. The molecule has 3 aromatic carbocycles. The van der Waals surface area contributed by atoms with Crippen molar-refractivity contribution in [2.75, 3.05) is 26.1 Å². The number of carbonyl (C=O) groups is 1. The van der Waals surface area contributed by atoms with Gasteiger partial charge in [0, 0.05) is 16.1 Å². The molecule has 0 fully saturated rings. The first-order valence-electron chi connectivity index (χ1n) is 9.91. The molecule has 4 rings (SSSR count). The largest absolute Gasteiger partial charge is 0.493 e. The predicted molar refractivity (Wildman–Crippen MR) is 127 cm³/mol. The Bertz CT molecular complexity index is 1260. The van der Waals surface area contributed by atoms with E-state index in [1.165, 1.54) is 0 Å². The fraction of sp³-hybridized carbons (Fsp3) is 0.167. The Morgan fingerprint density at radius 3 is 2.66 bits per heavy atom. The maximum Gasteiger partial charge on any atom is 0.263 e. The first kappa shape index (κ1) is 21.7. The zero-order valence-corrected chi connectivity index (χ0v) is 19.3. The third-order valence-electron chi connectivity index (χ3n) is 4.93. The lowest BCUT2D eigenvalue weighted by molar-refractivity contribution is -0.118. The van der Waals surface area contributed by atoms with Gasteiger partial charge in [0.05, 0.1) is 27.0 Å². The molecule has 32 heavy (non-hydrogen) atoms. The van der Waals surface area contributed by atoms with Gasteiger partial charge >= 0.3 is 0 Å². The minimum atomic E-state index is -0.278. The molecular formula is C24H22BrN3O4. The van der Waals surface area contributed by atoms with Crippen LogP contribution in [0, 0.1) is 0 Å². The smallest absolute Gasteiger partial charge is 0.263 e. The van der Waals surface area contributed by atoms with E-state index in [-0.39, 0.29) is 12.5 Å². The number of nitrogens with zero attached hydrogens (tertiary/aromatic N) is 2. The molecule has 0 aliphatic heterocycles. The van der Waals surface area contributed by atoms with Gasteiger partial charge in [-0.3, -0.25) is 4.79 Å². The number of rotatable bonds is 8. The Morgan fingerprint density at radius 1 is 1.03 bits per heavy atom. The number of methoxy groups -OCH3 is 2. The maximum absolute atomic E-state index is 12.5. The van der Waals surface area contributed by atoms with Gasteiger partial charge in [-0.05, 0) is 41.1 Å². The first-order valence-corrected chi connectivity index (χ1v) is 10.7. The minimum Gasteiger partial charge on any atom is -0.493 e. The van der Waals surface area contributed by atoms with E-state index in [9.17, 15) is 4.79 Å². The lowest BCUT2D eigenvalue weighted by Gasteiger charge is -2.14. The summed E-state index contributed by atoms with van der Waals surface area (Å²) in [6.07, 6.45) is 1.63. The van der Waals surface area contributed by atoms with Crippen molar-refractivity contribution >= 4 is 38.4 Å². The number of amides is 1. The molecule has 8 heteroatoms. The van der Waals surface area contributed by atoms with Crippen LogP contribution in [-0.2, 0) is 11.3 Å². The number of benzene rings is 3. The molecule has 7 nitrogen and oxygen atoms in total. The number of ether oxygens (including phenoxy) is 3. The van der Waals surface area contributed by atoms with Gasteiger partial charge in [0.15, 0.2) is 18.1 Å². The second kappa shape index (κ2) is 9.74. The molecule has 1 heterocycles. The Labute approximate surface area is 194 Å². The Morgan fingerprint density at radius 2 is 1.84 bits per heavy atom. The number of hydrogen-bond donors (Lipinski definition) is 1. The lowest BCUT2D eigenvalue weighted by Crippen LogP contribution is -2.22. The van der Waals surface area contributed by atoms with E-state index in [1.54, 1.807) is 31.2 Å². The quantitative estimate of drug-likeness (QED) is 0.377. The predicted octanol–water partition coefficient (Wildman–Crippen LogP) is 4.88. The summed E-state index contributed by atoms with van der Waals surface area (Å²) < 4.78 is 19.2. The molecule has 0 bridgehead atoms. The van der Waals surface area contributed by atoms with Crippen LogP contribution in [0.5, 0.6) is 17.2 Å². The molecule has 0 aliphatic rings. The van der Waals surface area contributed by atoms with Crippen molar-refractivity contribution in [2.45, 2.75) is 6.54 Å². The topological polar surface area (TPSA) is 74.6 Å². The zero-order chi connectivity index (χ0) is 22.5. The first-order chi connectivity index (χ1) is 15.6. The Hall–Kier alpha value is -3.52. The molecule has 0 saturated heterocycles. The summed E-state index contributed by atoms with van der Waals surface area (Å²) in [5.74, 6) is 2.19. The summed E-state index contributed by atoms with van der Waals surface area (Å²) in [6, 6.07) is 19.1. The van der Waals surface area contributed by atoms with E-state index in [0.717, 1.165) is 20.8 Å². The summed E-state index contributed by atoms with van der Waals surface area (Å²) in [4.78, 5) is 12.5. The molecular weight excluding hydrogens is 474 g/mol. The molecule has 1 amide bonds. The van der Waals surface area contributed by atoms with E-state index in [2.05, 4.69) is 26.3 Å². The van der Waals surface area contributed by atoms with E-state index < -0.39 is 0 Å². The number of hydrogen-bond acceptors (Lipinski definition) is 5. The van der Waals surface area contributed by atoms with Crippen LogP contribution in [0.25, 0.3) is 10.8 Å². The summed E-state index contributed by atoms with van der Waals surface area (Å²) in [5, 5.41) is 9.30. The molecule has 0 unspecified atom stereocenters. The number of fused-ring (bicyclic) bond motifs is 1. The maximum atomic E-state index is 12.5. The summed E-state index contributed by atoms with van der Waals surface area (Å²) in [7, 11) is 3.19. The second-order valence-electron chi connectivity index (χ2n) is 7.02. The van der Waals surface area contributed by atoms with Crippen LogP contribution in [0.1, 0.15) is 5.56 Å². The molecule has 0 saturated carbocycles. The highest BCUT2D eigenvalue weighted by atomic mass is 79.9. The number of aromatic nitrogens is 2. The molecule has 1 aromatic heterocycles. The SMILES string of the molecule is COc1cccc(Cn2nccc2NC(=O)COc2ccc3cc(Br)ccc3c2)c1OC. The standard InChI is InChI=1S/C24H22BrN3O4/c1-30-21-5-3-4-18(24(21)31-2)14-28-22(10-11-26-28)27-23(29)15-32-20-9-7-16-12-19(25)8-6-17(16)13-20/h3-13H,14-15H2,1-2H3,(H,27,29). The summed E-state index contributed by atoms with van der Waals surface area (Å²) in [5.41, 5.74) is 0.880. The molecule has 4 aromatic rings. The van der Waals surface area contributed by atoms with Gasteiger partial charge in [-0.25, -0.2) is 4.68 Å². The van der Waals surface area contributed by atoms with Gasteiger partial charge in [-0.1, -0.05) is 40.2 Å². The minimum absolute atomic E-state index is 0.115. The van der Waals surface area contributed by atoms with Crippen molar-refractivity contribution in [3.63, 3.8) is 0 Å². The number of nitrogens with one attached hydrogen (secondary N) is 1. The number of anilines is 1. The summed E-state index contributed by atoms with van der Waals surface area (Å²) in [6.45, 7) is 0.291. The third kappa shape index (κ3) is 4.86. The van der Waals surface area contributed by atoms with Gasteiger partial charge < -0.3 is 19.5 Å². The third-order valence-corrected chi connectivity index (χ3v) is 5.43. The van der Waals surface area contributed by atoms with Crippen molar-refractivity contribution in [1.82, 2.24) is 9.78 Å². The second-order valence-corrected chi connectivity index (χ2v) is 7.93. The normalized spacial score (nSPS) is 10.7. The van der Waals surface area contributed by atoms with E-state index in [4.69, 9.17) is 14.2 Å². The molecule has 0 atom stereocenters. The van der Waals surface area contributed by atoms with Crippen LogP contribution >= 0.6 is 15.9 Å². The van der Waals surface area contributed by atoms with Gasteiger partial charge in [-0.2, -0.15) is 5.10 Å². The highest BCUT2D eigenvalue weighted by Gasteiger charge is 2.13. The van der Waals surface area contributed by atoms with Crippen LogP contribution < -0.4 is 19.5 Å². The zero-order valence-electron chi connectivity index (χ0n) is 17.7. The van der Waals surface area contributed by atoms with Gasteiger partial charge in [-0.15, -0.1) is 0 Å². The monoisotopic (exact) mass is 495 g/mol. The van der Waals surface area contributed by atoms with Crippen LogP contribution in [0.4, 0.5) is 5.82 Å². The van der Waals surface area contributed by atoms with Crippen molar-refractivity contribution in [2.24, 2.45) is 0 Å². The van der Waals surface area contributed by atoms with Crippen molar-refractivity contribution < 1.29 is 19.0 Å².